The molecule has 3 amide bonds. The molecule has 0 aliphatic rings. The number of esters is 3. The zero-order chi connectivity index (χ0) is 52.5. The number of carbonyl (C=O) groups is 7. The van der Waals surface area contributed by atoms with Gasteiger partial charge in [-0.2, -0.15) is 0 Å². The van der Waals surface area contributed by atoms with E-state index in [2.05, 4.69) is 21.1 Å². The van der Waals surface area contributed by atoms with Crippen LogP contribution < -0.4 is 16.1 Å². The molecule has 70 heavy (non-hydrogen) atoms. The van der Waals surface area contributed by atoms with Gasteiger partial charge in [-0.25, -0.2) is 10.3 Å². The molecule has 1 atom stereocenters. The molecule has 1 heterocycles. The molecular formula is C50H75N7O13. The Morgan fingerprint density at radius 1 is 0.600 bits per heavy atom. The number of ether oxygens (including phenoxy) is 4. The zero-order valence-corrected chi connectivity index (χ0v) is 42.9. The summed E-state index contributed by atoms with van der Waals surface area (Å²) in [5, 5.41) is 16.1. The van der Waals surface area contributed by atoms with Crippen LogP contribution in [0.25, 0.3) is 10.9 Å². The highest BCUT2D eigenvalue weighted by molar-refractivity contribution is 5.86. The molecule has 0 fully saturated rings. The number of aromatic nitrogens is 1. The fourth-order valence-corrected chi connectivity index (χ4v) is 6.72. The number of nitrogens with zero attached hydrogens (tertiary/aromatic N) is 3. The molecule has 388 valence electrons. The van der Waals surface area contributed by atoms with Crippen LogP contribution in [0.5, 0.6) is 0 Å². The Bertz CT molecular complexity index is 2150. The van der Waals surface area contributed by atoms with Gasteiger partial charge >= 0.3 is 30.0 Å². The predicted octanol–water partition coefficient (Wildman–Crippen LogP) is 4.48. The summed E-state index contributed by atoms with van der Waals surface area (Å²) in [6, 6.07) is 15.6. The van der Waals surface area contributed by atoms with Crippen molar-refractivity contribution in [3.05, 3.63) is 71.4 Å². The highest BCUT2D eigenvalue weighted by Crippen LogP contribution is 2.17. The summed E-state index contributed by atoms with van der Waals surface area (Å²) in [7, 11) is 0. The monoisotopic (exact) mass is 982 g/mol. The summed E-state index contributed by atoms with van der Waals surface area (Å²) in [6.45, 7) is 19.8. The third-order valence-corrected chi connectivity index (χ3v) is 9.45. The number of para-hydroxylation sites is 1. The van der Waals surface area contributed by atoms with Crippen molar-refractivity contribution in [1.29, 1.82) is 0 Å². The third kappa shape index (κ3) is 25.0. The maximum Gasteiger partial charge on any atom is 0.408 e. The van der Waals surface area contributed by atoms with E-state index in [1.807, 2.05) is 30.3 Å². The lowest BCUT2D eigenvalue weighted by molar-refractivity contribution is -0.160. The Morgan fingerprint density at radius 3 is 1.56 bits per heavy atom. The van der Waals surface area contributed by atoms with Gasteiger partial charge in [0.25, 0.3) is 5.91 Å². The van der Waals surface area contributed by atoms with Gasteiger partial charge < -0.3 is 39.7 Å². The van der Waals surface area contributed by atoms with Crippen LogP contribution in [0.4, 0.5) is 4.79 Å². The number of aromatic amines is 1. The number of carboxylic acid groups (broad SMARTS) is 1. The summed E-state index contributed by atoms with van der Waals surface area (Å²) < 4.78 is 21.9. The summed E-state index contributed by atoms with van der Waals surface area (Å²) in [5.74, 6) is -3.86. The van der Waals surface area contributed by atoms with E-state index < -0.39 is 70.9 Å². The maximum atomic E-state index is 13.5. The van der Waals surface area contributed by atoms with Gasteiger partial charge in [0.15, 0.2) is 0 Å². The van der Waals surface area contributed by atoms with Crippen LogP contribution in [0.2, 0.25) is 0 Å². The molecule has 5 N–H and O–H groups in total. The minimum absolute atomic E-state index is 0.00934. The SMILES string of the molecule is CC(C)(C)OC(=O)CN(CCN(CCN(CC(=O)OC(C)(C)C)CC(=O)OC(C)(C)C)CC(=O)NCc1ccc(CONC(=O)C(Cc2cc3ccccc3[nH]2)NC(=O)OC(C)(C)C)cc1)CC(=O)O. The number of alkyl carbamates (subject to hydrolysis) is 1. The summed E-state index contributed by atoms with van der Waals surface area (Å²) in [6.07, 6.45) is -0.617. The van der Waals surface area contributed by atoms with E-state index in [1.165, 1.54) is 4.90 Å². The van der Waals surface area contributed by atoms with Crippen LogP contribution in [0.15, 0.2) is 54.6 Å². The van der Waals surface area contributed by atoms with Crippen molar-refractivity contribution in [3.8, 4) is 0 Å². The van der Waals surface area contributed by atoms with Crippen molar-refractivity contribution in [2.24, 2.45) is 0 Å². The van der Waals surface area contributed by atoms with Gasteiger partial charge in [-0.3, -0.25) is 48.3 Å². The molecule has 0 bridgehead atoms. The van der Waals surface area contributed by atoms with E-state index in [9.17, 15) is 38.7 Å². The lowest BCUT2D eigenvalue weighted by Gasteiger charge is -2.30. The second-order valence-corrected chi connectivity index (χ2v) is 21.0. The zero-order valence-electron chi connectivity index (χ0n) is 42.9. The lowest BCUT2D eigenvalue weighted by Crippen LogP contribution is -2.49. The number of carbonyl (C=O) groups excluding carboxylic acids is 6. The first-order valence-electron chi connectivity index (χ1n) is 23.3. The number of H-pyrrole nitrogens is 1. The van der Waals surface area contributed by atoms with Gasteiger partial charge in [0.2, 0.25) is 5.91 Å². The van der Waals surface area contributed by atoms with Gasteiger partial charge in [-0.15, -0.1) is 0 Å². The highest BCUT2D eigenvalue weighted by Gasteiger charge is 2.28. The van der Waals surface area contributed by atoms with E-state index >= 15 is 0 Å². The number of nitrogens with one attached hydrogen (secondary N) is 4. The van der Waals surface area contributed by atoms with Gasteiger partial charge in [-0.05, 0) is 112 Å². The maximum absolute atomic E-state index is 13.5. The second-order valence-electron chi connectivity index (χ2n) is 21.0. The van der Waals surface area contributed by atoms with Crippen LogP contribution in [-0.2, 0) is 72.1 Å². The quantitative estimate of drug-likeness (QED) is 0.0446. The van der Waals surface area contributed by atoms with Crippen LogP contribution >= 0.6 is 0 Å². The Balaban J connectivity index is 1.68. The molecule has 0 aliphatic carbocycles. The minimum Gasteiger partial charge on any atom is -0.480 e. The van der Waals surface area contributed by atoms with Crippen LogP contribution in [0.3, 0.4) is 0 Å². The Morgan fingerprint density at radius 2 is 1.07 bits per heavy atom. The molecule has 3 aromatic rings. The fraction of sp³-hybridized carbons (Fsp3) is 0.580. The smallest absolute Gasteiger partial charge is 0.408 e. The van der Waals surface area contributed by atoms with E-state index in [-0.39, 0.29) is 77.8 Å². The number of aliphatic carboxylic acids is 1. The first-order chi connectivity index (χ1) is 32.4. The van der Waals surface area contributed by atoms with Crippen molar-refractivity contribution in [2.75, 3.05) is 58.9 Å². The molecular weight excluding hydrogens is 907 g/mol. The normalized spacial score (nSPS) is 12.7. The van der Waals surface area contributed by atoms with Crippen molar-refractivity contribution in [2.45, 2.75) is 131 Å². The molecule has 1 unspecified atom stereocenters. The van der Waals surface area contributed by atoms with E-state index in [0.29, 0.717) is 5.56 Å². The molecule has 20 nitrogen and oxygen atoms in total. The highest BCUT2D eigenvalue weighted by atomic mass is 16.7. The number of hydroxylamine groups is 1. The summed E-state index contributed by atoms with van der Waals surface area (Å²) in [4.78, 5) is 103. The van der Waals surface area contributed by atoms with Gasteiger partial charge in [0.1, 0.15) is 28.4 Å². The molecule has 3 rings (SSSR count). The fourth-order valence-electron chi connectivity index (χ4n) is 6.72. The molecule has 20 heteroatoms. The predicted molar refractivity (Wildman–Crippen MR) is 261 cm³/mol. The number of fused-ring (bicyclic) bond motifs is 1. The number of amides is 3. The van der Waals surface area contributed by atoms with Gasteiger partial charge in [0, 0.05) is 50.4 Å². The first-order valence-corrected chi connectivity index (χ1v) is 23.3. The Hall–Kier alpha value is -6.09. The number of carboxylic acids is 1. The van der Waals surface area contributed by atoms with Crippen LogP contribution in [0.1, 0.15) is 99.9 Å². The van der Waals surface area contributed by atoms with E-state index in [0.717, 1.165) is 22.2 Å². The first kappa shape index (κ1) is 58.2. The Kier molecular flexibility index (Phi) is 21.8. The average Bonchev–Trinajstić information content (AvgIpc) is 3.60. The number of benzene rings is 2. The number of hydrogen-bond donors (Lipinski definition) is 5. The molecule has 0 radical (unpaired) electrons. The second kappa shape index (κ2) is 26.2. The standard InChI is InChI=1S/C50H75N7O13/c1-47(2,3)67-42(61)30-56(29-41(59)60)23-21-55(22-24-57(31-43(62)68-48(4,5)6)32-44(63)69-49(7,8)9)28-40(58)51-27-34-17-19-35(20-18-34)33-66-54-45(64)39(53-46(65)70-50(10,11)12)26-37-25-36-15-13-14-16-38(36)52-37/h13-20,25,39,52H,21-24,26-33H2,1-12H3,(H,51,58)(H,53,65)(H,54,64)(H,59,60). The van der Waals surface area contributed by atoms with Crippen LogP contribution in [0, 0.1) is 0 Å². The topological polar surface area (TPSA) is 247 Å². The third-order valence-electron chi connectivity index (χ3n) is 9.45. The molecule has 0 saturated carbocycles. The summed E-state index contributed by atoms with van der Waals surface area (Å²) >= 11 is 0. The Labute approximate surface area is 411 Å². The largest absolute Gasteiger partial charge is 0.480 e. The van der Waals surface area contributed by atoms with Gasteiger partial charge in [0.05, 0.1) is 39.3 Å². The molecule has 2 aromatic carbocycles. The number of rotatable bonds is 25. The van der Waals surface area contributed by atoms with Crippen molar-refractivity contribution in [1.82, 2.24) is 35.8 Å². The van der Waals surface area contributed by atoms with Crippen molar-refractivity contribution >= 4 is 52.7 Å². The van der Waals surface area contributed by atoms with Crippen LogP contribution in [-0.4, -0.2) is 154 Å². The lowest BCUT2D eigenvalue weighted by atomic mass is 10.1. The number of hydrogen-bond acceptors (Lipinski definition) is 15. The molecule has 1 aromatic heterocycles. The average molecular weight is 982 g/mol. The van der Waals surface area contributed by atoms with Crippen molar-refractivity contribution < 1.29 is 62.5 Å². The minimum atomic E-state index is -1.16. The molecule has 0 spiro atoms. The van der Waals surface area contributed by atoms with Gasteiger partial charge in [-0.1, -0.05) is 42.5 Å². The molecule has 0 saturated heterocycles. The molecule has 0 aliphatic heterocycles. The van der Waals surface area contributed by atoms with E-state index in [1.54, 1.807) is 117 Å². The van der Waals surface area contributed by atoms with E-state index in [4.69, 9.17) is 23.8 Å². The van der Waals surface area contributed by atoms with Crippen molar-refractivity contribution in [3.63, 3.8) is 0 Å². The summed E-state index contributed by atoms with van der Waals surface area (Å²) in [5.41, 5.74) is 2.37.